The summed E-state index contributed by atoms with van der Waals surface area (Å²) in [5.74, 6) is -1.45. The molecule has 1 heterocycles. The van der Waals surface area contributed by atoms with Gasteiger partial charge in [-0.05, 0) is 41.5 Å². The molecule has 1 amide bonds. The molecule has 0 saturated carbocycles. The zero-order chi connectivity index (χ0) is 16.4. The minimum Gasteiger partial charge on any atom is -0.478 e. The summed E-state index contributed by atoms with van der Waals surface area (Å²) in [5.41, 5.74) is 9.40. The van der Waals surface area contributed by atoms with Crippen molar-refractivity contribution in [2.45, 2.75) is 6.04 Å². The summed E-state index contributed by atoms with van der Waals surface area (Å²) >= 11 is 0. The van der Waals surface area contributed by atoms with Gasteiger partial charge >= 0.3 is 5.97 Å². The quantitative estimate of drug-likeness (QED) is 0.652. The van der Waals surface area contributed by atoms with Gasteiger partial charge in [-0.15, -0.1) is 0 Å². The third-order valence-electron chi connectivity index (χ3n) is 3.61. The maximum absolute atomic E-state index is 11.5. The molecule has 23 heavy (non-hydrogen) atoms. The highest BCUT2D eigenvalue weighted by molar-refractivity contribution is 6.00. The van der Waals surface area contributed by atoms with Crippen LogP contribution in [-0.4, -0.2) is 17.0 Å². The molecule has 6 heteroatoms. The number of amides is 1. The Morgan fingerprint density at radius 2 is 2.00 bits per heavy atom. The van der Waals surface area contributed by atoms with Gasteiger partial charge in [-0.3, -0.25) is 4.79 Å². The maximum Gasteiger partial charge on any atom is 0.335 e. The van der Waals surface area contributed by atoms with Crippen molar-refractivity contribution in [2.75, 3.05) is 10.7 Å². The summed E-state index contributed by atoms with van der Waals surface area (Å²) in [6, 6.07) is 12.3. The van der Waals surface area contributed by atoms with Gasteiger partial charge in [0.05, 0.1) is 17.3 Å². The molecule has 0 saturated heterocycles. The third-order valence-corrected chi connectivity index (χ3v) is 3.61. The summed E-state index contributed by atoms with van der Waals surface area (Å²) in [6.07, 6.45) is 1.14. The van der Waals surface area contributed by atoms with Gasteiger partial charge in [0.1, 0.15) is 0 Å². The molecule has 0 fully saturated rings. The topological polar surface area (TPSA) is 90.5 Å². The summed E-state index contributed by atoms with van der Waals surface area (Å²) in [7, 11) is 0. The molecule has 1 atom stereocenters. The molecule has 2 aromatic rings. The zero-order valence-corrected chi connectivity index (χ0v) is 12.2. The Balaban J connectivity index is 2.03. The lowest BCUT2D eigenvalue weighted by molar-refractivity contribution is -0.111. The van der Waals surface area contributed by atoms with Gasteiger partial charge < -0.3 is 15.8 Å². The minimum absolute atomic E-state index is 0.105. The Bertz CT molecular complexity index is 801. The number of para-hydroxylation sites is 1. The number of hydrogen-bond acceptors (Lipinski definition) is 4. The van der Waals surface area contributed by atoms with Gasteiger partial charge in [-0.2, -0.15) is 0 Å². The van der Waals surface area contributed by atoms with E-state index in [2.05, 4.69) is 22.7 Å². The molecule has 6 nitrogen and oxygen atoms in total. The van der Waals surface area contributed by atoms with E-state index in [0.717, 1.165) is 22.9 Å². The second kappa shape index (κ2) is 5.94. The van der Waals surface area contributed by atoms with Crippen molar-refractivity contribution >= 4 is 23.3 Å². The first-order valence-corrected chi connectivity index (χ1v) is 7.00. The van der Waals surface area contributed by atoms with Crippen molar-refractivity contribution in [1.29, 1.82) is 0 Å². The van der Waals surface area contributed by atoms with Crippen molar-refractivity contribution in [3.63, 3.8) is 0 Å². The van der Waals surface area contributed by atoms with Gasteiger partial charge in [0, 0.05) is 5.69 Å². The molecule has 0 radical (unpaired) electrons. The number of aromatic carboxylic acids is 1. The molecular formula is C17H15N3O3. The predicted molar refractivity (Wildman–Crippen MR) is 87.3 cm³/mol. The van der Waals surface area contributed by atoms with E-state index in [1.54, 1.807) is 12.1 Å². The highest BCUT2D eigenvalue weighted by atomic mass is 16.4. The standard InChI is InChI=1S/C17H15N3O3/c1-2-15(21)18-12-8-10(7-11(9-12)17(22)23)16-13-5-3-4-6-14(13)19-20-16/h2-9,16,19-20H,1H2,(H,18,21)(H,22,23). The lowest BCUT2D eigenvalue weighted by atomic mass is 9.97. The molecule has 2 aromatic carbocycles. The van der Waals surface area contributed by atoms with Crippen LogP contribution in [0.3, 0.4) is 0 Å². The van der Waals surface area contributed by atoms with Crippen LogP contribution in [0.25, 0.3) is 0 Å². The van der Waals surface area contributed by atoms with Crippen molar-refractivity contribution in [3.8, 4) is 0 Å². The summed E-state index contributed by atoms with van der Waals surface area (Å²) < 4.78 is 0. The van der Waals surface area contributed by atoms with Crippen LogP contribution in [0.4, 0.5) is 11.4 Å². The molecule has 3 rings (SSSR count). The van der Waals surface area contributed by atoms with Crippen LogP contribution in [0, 0.1) is 0 Å². The van der Waals surface area contributed by atoms with Gasteiger partial charge in [0.2, 0.25) is 5.91 Å². The van der Waals surface area contributed by atoms with Crippen molar-refractivity contribution in [3.05, 3.63) is 71.8 Å². The van der Waals surface area contributed by atoms with E-state index in [0.29, 0.717) is 5.69 Å². The first kappa shape index (κ1) is 14.8. The SMILES string of the molecule is C=CC(=O)Nc1cc(C(=O)O)cc(C2NNc3ccccc32)c1. The third kappa shape index (κ3) is 2.93. The molecule has 0 aromatic heterocycles. The van der Waals surface area contributed by atoms with E-state index in [1.807, 2.05) is 24.3 Å². The number of nitrogens with one attached hydrogen (secondary N) is 3. The fourth-order valence-corrected chi connectivity index (χ4v) is 2.56. The average molecular weight is 309 g/mol. The number of carboxylic acids is 1. The smallest absolute Gasteiger partial charge is 0.335 e. The minimum atomic E-state index is -1.06. The van der Waals surface area contributed by atoms with E-state index >= 15 is 0 Å². The van der Waals surface area contributed by atoms with E-state index in [4.69, 9.17) is 0 Å². The monoisotopic (exact) mass is 309 g/mol. The summed E-state index contributed by atoms with van der Waals surface area (Å²) in [4.78, 5) is 22.8. The second-order valence-corrected chi connectivity index (χ2v) is 5.13. The first-order chi connectivity index (χ1) is 11.1. The number of hydrogen-bond donors (Lipinski definition) is 4. The number of anilines is 2. The molecule has 1 aliphatic rings. The van der Waals surface area contributed by atoms with Gasteiger partial charge in [-0.25, -0.2) is 10.2 Å². The van der Waals surface area contributed by atoms with Crippen LogP contribution < -0.4 is 16.2 Å². The summed E-state index contributed by atoms with van der Waals surface area (Å²) in [6.45, 7) is 3.39. The lowest BCUT2D eigenvalue weighted by Crippen LogP contribution is -2.20. The average Bonchev–Trinajstić information content (AvgIpc) is 2.98. The van der Waals surface area contributed by atoms with Crippen LogP contribution >= 0.6 is 0 Å². The maximum atomic E-state index is 11.5. The molecule has 116 valence electrons. The van der Waals surface area contributed by atoms with Crippen molar-refractivity contribution in [1.82, 2.24) is 5.43 Å². The Morgan fingerprint density at radius 1 is 1.22 bits per heavy atom. The van der Waals surface area contributed by atoms with Crippen LogP contribution in [0.1, 0.15) is 27.5 Å². The summed E-state index contributed by atoms with van der Waals surface area (Å²) in [5, 5.41) is 11.9. The predicted octanol–water partition coefficient (Wildman–Crippen LogP) is 2.53. The van der Waals surface area contributed by atoms with E-state index in [9.17, 15) is 14.7 Å². The number of carboxylic acid groups (broad SMARTS) is 1. The van der Waals surface area contributed by atoms with Gasteiger partial charge in [-0.1, -0.05) is 24.8 Å². The van der Waals surface area contributed by atoms with Crippen molar-refractivity contribution in [2.24, 2.45) is 0 Å². The highest BCUT2D eigenvalue weighted by Crippen LogP contribution is 2.34. The zero-order valence-electron chi connectivity index (χ0n) is 12.2. The van der Waals surface area contributed by atoms with E-state index in [1.165, 1.54) is 6.07 Å². The molecule has 0 bridgehead atoms. The van der Waals surface area contributed by atoms with Crippen LogP contribution in [0.5, 0.6) is 0 Å². The number of rotatable bonds is 4. The second-order valence-electron chi connectivity index (χ2n) is 5.13. The number of hydrazine groups is 1. The Kier molecular flexibility index (Phi) is 3.82. The normalized spacial score (nSPS) is 15.4. The lowest BCUT2D eigenvalue weighted by Gasteiger charge is -2.14. The fraction of sp³-hybridized carbons (Fsp3) is 0.0588. The van der Waals surface area contributed by atoms with Gasteiger partial charge in [0.25, 0.3) is 0 Å². The van der Waals surface area contributed by atoms with Crippen LogP contribution in [0.15, 0.2) is 55.1 Å². The molecule has 1 aliphatic heterocycles. The Labute approximate surface area is 132 Å². The Morgan fingerprint density at radius 3 is 2.74 bits per heavy atom. The number of carbonyl (C=O) groups excluding carboxylic acids is 1. The van der Waals surface area contributed by atoms with Gasteiger partial charge in [0.15, 0.2) is 0 Å². The van der Waals surface area contributed by atoms with Crippen LogP contribution in [0.2, 0.25) is 0 Å². The number of fused-ring (bicyclic) bond motifs is 1. The Hall–Kier alpha value is -3.12. The number of carbonyl (C=O) groups is 2. The van der Waals surface area contributed by atoms with E-state index < -0.39 is 11.9 Å². The van der Waals surface area contributed by atoms with Crippen molar-refractivity contribution < 1.29 is 14.7 Å². The molecule has 0 aliphatic carbocycles. The molecular weight excluding hydrogens is 294 g/mol. The highest BCUT2D eigenvalue weighted by Gasteiger charge is 2.24. The fourth-order valence-electron chi connectivity index (χ4n) is 2.56. The largest absolute Gasteiger partial charge is 0.478 e. The number of benzene rings is 2. The molecule has 4 N–H and O–H groups in total. The van der Waals surface area contributed by atoms with Crippen LogP contribution in [-0.2, 0) is 4.79 Å². The first-order valence-electron chi connectivity index (χ1n) is 7.00. The molecule has 0 spiro atoms. The molecule has 1 unspecified atom stereocenters. The van der Waals surface area contributed by atoms with E-state index in [-0.39, 0.29) is 11.6 Å².